The third-order valence-electron chi connectivity index (χ3n) is 2.81. The number of hydrogen-bond acceptors (Lipinski definition) is 5. The number of thioether (sulfide) groups is 1. The number of H-pyrrole nitrogens is 1. The van der Waals surface area contributed by atoms with Gasteiger partial charge in [0.25, 0.3) is 0 Å². The first-order valence-electron chi connectivity index (χ1n) is 6.96. The van der Waals surface area contributed by atoms with Crippen molar-refractivity contribution in [2.24, 2.45) is 5.92 Å². The van der Waals surface area contributed by atoms with Crippen molar-refractivity contribution in [3.8, 4) is 0 Å². The predicted molar refractivity (Wildman–Crippen MR) is 86.7 cm³/mol. The van der Waals surface area contributed by atoms with Crippen LogP contribution in [-0.4, -0.2) is 33.4 Å². The summed E-state index contributed by atoms with van der Waals surface area (Å²) in [5.74, 6) is 1.82. The minimum Gasteiger partial charge on any atom is -0.355 e. The van der Waals surface area contributed by atoms with Gasteiger partial charge in [0.05, 0.1) is 5.75 Å². The number of rotatable bonds is 8. The van der Waals surface area contributed by atoms with E-state index in [2.05, 4.69) is 40.4 Å². The third kappa shape index (κ3) is 5.89. The molecular formula is C14H20N4OS2. The molecule has 5 nitrogen and oxygen atoms in total. The molecule has 21 heavy (non-hydrogen) atoms. The maximum atomic E-state index is 11.7. The highest BCUT2D eigenvalue weighted by molar-refractivity contribution is 7.99. The molecule has 0 spiro atoms. The summed E-state index contributed by atoms with van der Waals surface area (Å²) in [4.78, 5) is 17.3. The summed E-state index contributed by atoms with van der Waals surface area (Å²) in [6.07, 6.45) is 1.76. The first kappa shape index (κ1) is 16.0. The molecule has 2 heterocycles. The Hall–Kier alpha value is -1.34. The van der Waals surface area contributed by atoms with Gasteiger partial charge in [-0.05, 0) is 23.8 Å². The average molecular weight is 324 g/mol. The molecule has 0 bridgehead atoms. The lowest BCUT2D eigenvalue weighted by Crippen LogP contribution is -2.26. The van der Waals surface area contributed by atoms with Crippen molar-refractivity contribution in [2.75, 3.05) is 12.3 Å². The lowest BCUT2D eigenvalue weighted by molar-refractivity contribution is -0.118. The van der Waals surface area contributed by atoms with Crippen LogP contribution in [0.5, 0.6) is 0 Å². The fourth-order valence-corrected chi connectivity index (χ4v) is 3.04. The van der Waals surface area contributed by atoms with Gasteiger partial charge in [-0.2, -0.15) is 0 Å². The molecule has 0 atom stereocenters. The van der Waals surface area contributed by atoms with Crippen molar-refractivity contribution in [1.29, 1.82) is 0 Å². The van der Waals surface area contributed by atoms with Crippen LogP contribution in [0.2, 0.25) is 0 Å². The number of carbonyl (C=O) groups is 1. The van der Waals surface area contributed by atoms with Gasteiger partial charge in [-0.1, -0.05) is 31.7 Å². The summed E-state index contributed by atoms with van der Waals surface area (Å²) in [5.41, 5.74) is 0. The summed E-state index contributed by atoms with van der Waals surface area (Å²) in [7, 11) is 0. The van der Waals surface area contributed by atoms with E-state index in [4.69, 9.17) is 0 Å². The maximum absolute atomic E-state index is 11.7. The number of aromatic amines is 1. The molecule has 2 N–H and O–H groups in total. The summed E-state index contributed by atoms with van der Waals surface area (Å²) >= 11 is 3.06. The van der Waals surface area contributed by atoms with E-state index < -0.39 is 0 Å². The van der Waals surface area contributed by atoms with Gasteiger partial charge in [0.1, 0.15) is 5.82 Å². The van der Waals surface area contributed by atoms with Crippen LogP contribution < -0.4 is 5.32 Å². The molecule has 0 aliphatic rings. The molecule has 0 saturated heterocycles. The van der Waals surface area contributed by atoms with Gasteiger partial charge < -0.3 is 5.32 Å². The molecule has 0 radical (unpaired) electrons. The van der Waals surface area contributed by atoms with Crippen molar-refractivity contribution in [1.82, 2.24) is 20.5 Å². The highest BCUT2D eigenvalue weighted by Gasteiger charge is 2.08. The predicted octanol–water partition coefficient (Wildman–Crippen LogP) is 2.71. The van der Waals surface area contributed by atoms with Crippen LogP contribution in [0.15, 0.2) is 22.7 Å². The van der Waals surface area contributed by atoms with Crippen LogP contribution in [0.1, 0.15) is 31.0 Å². The molecule has 0 aliphatic heterocycles. The maximum Gasteiger partial charge on any atom is 0.230 e. The molecule has 2 aromatic heterocycles. The van der Waals surface area contributed by atoms with E-state index in [9.17, 15) is 4.79 Å². The Morgan fingerprint density at radius 3 is 3.10 bits per heavy atom. The van der Waals surface area contributed by atoms with E-state index >= 15 is 0 Å². The monoisotopic (exact) mass is 324 g/mol. The van der Waals surface area contributed by atoms with Gasteiger partial charge in [-0.3, -0.25) is 9.89 Å². The lowest BCUT2D eigenvalue weighted by atomic mass is 10.1. The van der Waals surface area contributed by atoms with Gasteiger partial charge in [-0.25, -0.2) is 4.98 Å². The Morgan fingerprint density at radius 2 is 2.38 bits per heavy atom. The van der Waals surface area contributed by atoms with E-state index in [1.807, 2.05) is 11.4 Å². The van der Waals surface area contributed by atoms with E-state index in [0.29, 0.717) is 16.8 Å². The van der Waals surface area contributed by atoms with Gasteiger partial charge in [0.15, 0.2) is 0 Å². The van der Waals surface area contributed by atoms with Crippen molar-refractivity contribution in [2.45, 2.75) is 31.8 Å². The highest BCUT2D eigenvalue weighted by atomic mass is 32.2. The number of thiophene rings is 1. The Morgan fingerprint density at radius 1 is 1.52 bits per heavy atom. The van der Waals surface area contributed by atoms with E-state index in [1.54, 1.807) is 11.3 Å². The number of amides is 1. The largest absolute Gasteiger partial charge is 0.355 e. The smallest absolute Gasteiger partial charge is 0.230 e. The summed E-state index contributed by atoms with van der Waals surface area (Å²) < 4.78 is 0. The fourth-order valence-electron chi connectivity index (χ4n) is 1.68. The molecule has 0 aromatic carbocycles. The average Bonchev–Trinajstić information content (AvgIpc) is 3.08. The molecular weight excluding hydrogens is 304 g/mol. The van der Waals surface area contributed by atoms with E-state index in [1.165, 1.54) is 16.6 Å². The molecule has 2 rings (SSSR count). The quantitative estimate of drug-likeness (QED) is 0.733. The van der Waals surface area contributed by atoms with Crippen LogP contribution in [0.3, 0.4) is 0 Å². The molecule has 114 valence electrons. The fraction of sp³-hybridized carbons (Fsp3) is 0.500. The molecule has 2 aromatic rings. The zero-order valence-electron chi connectivity index (χ0n) is 12.3. The molecule has 0 saturated carbocycles. The third-order valence-corrected chi connectivity index (χ3v) is 4.53. The number of nitrogens with one attached hydrogen (secondary N) is 2. The Kier molecular flexibility index (Phi) is 6.25. The van der Waals surface area contributed by atoms with Crippen LogP contribution in [0.25, 0.3) is 0 Å². The number of nitrogens with zero attached hydrogens (tertiary/aromatic N) is 2. The molecule has 7 heteroatoms. The second-order valence-electron chi connectivity index (χ2n) is 5.14. The summed E-state index contributed by atoms with van der Waals surface area (Å²) in [6.45, 7) is 5.02. The highest BCUT2D eigenvalue weighted by Crippen LogP contribution is 2.16. The number of carbonyl (C=O) groups excluding carboxylic acids is 1. The molecule has 1 amide bonds. The molecule has 0 aliphatic carbocycles. The Labute approximate surface area is 132 Å². The minimum atomic E-state index is 0.0326. The molecule has 0 fully saturated rings. The van der Waals surface area contributed by atoms with E-state index in [0.717, 1.165) is 25.2 Å². The van der Waals surface area contributed by atoms with Gasteiger partial charge in [0, 0.05) is 17.8 Å². The van der Waals surface area contributed by atoms with Gasteiger partial charge >= 0.3 is 0 Å². The van der Waals surface area contributed by atoms with Crippen molar-refractivity contribution in [3.05, 3.63) is 28.2 Å². The molecule has 0 unspecified atom stereocenters. The standard InChI is InChI=1S/C14H20N4OS2/c1-10(2)5-6-15-13(19)9-21-14-16-12(17-18-14)8-11-4-3-7-20-11/h3-4,7,10H,5-6,8-9H2,1-2H3,(H,15,19)(H,16,17,18). The van der Waals surface area contributed by atoms with E-state index in [-0.39, 0.29) is 5.91 Å². The van der Waals surface area contributed by atoms with Crippen LogP contribution in [0.4, 0.5) is 0 Å². The zero-order chi connectivity index (χ0) is 15.1. The number of aromatic nitrogens is 3. The Balaban J connectivity index is 1.71. The lowest BCUT2D eigenvalue weighted by Gasteiger charge is -2.05. The first-order valence-corrected chi connectivity index (χ1v) is 8.83. The van der Waals surface area contributed by atoms with Crippen molar-refractivity contribution in [3.63, 3.8) is 0 Å². The summed E-state index contributed by atoms with van der Waals surface area (Å²) in [6, 6.07) is 4.09. The van der Waals surface area contributed by atoms with Crippen LogP contribution in [0, 0.1) is 5.92 Å². The van der Waals surface area contributed by atoms with Crippen molar-refractivity contribution >= 4 is 29.0 Å². The second-order valence-corrected chi connectivity index (χ2v) is 7.12. The van der Waals surface area contributed by atoms with Gasteiger partial charge in [-0.15, -0.1) is 16.4 Å². The number of hydrogen-bond donors (Lipinski definition) is 2. The zero-order valence-corrected chi connectivity index (χ0v) is 13.9. The Bertz CT molecular complexity index is 551. The summed E-state index contributed by atoms with van der Waals surface area (Å²) in [5, 5.41) is 12.6. The minimum absolute atomic E-state index is 0.0326. The SMILES string of the molecule is CC(C)CCNC(=O)CSc1n[nH]c(Cc2cccs2)n1. The van der Waals surface area contributed by atoms with Crippen LogP contribution >= 0.6 is 23.1 Å². The topological polar surface area (TPSA) is 70.7 Å². The normalized spacial score (nSPS) is 11.0. The second kappa shape index (κ2) is 8.19. The van der Waals surface area contributed by atoms with Crippen LogP contribution in [-0.2, 0) is 11.2 Å². The first-order chi connectivity index (χ1) is 10.1. The van der Waals surface area contributed by atoms with Gasteiger partial charge in [0.2, 0.25) is 11.1 Å². The van der Waals surface area contributed by atoms with Crippen molar-refractivity contribution < 1.29 is 4.79 Å².